The standard InChI is InChI=1S/C14H19NO3S/c1-19(16,17)18-10-14-12-8-15(9-13(12)14)7-11-5-3-2-4-6-11/h2-6,12-14H,7-10H2,1H3/t12-,13?,14+/m0/s1. The van der Waals surface area contributed by atoms with Crippen molar-refractivity contribution in [1.29, 1.82) is 0 Å². The van der Waals surface area contributed by atoms with Crippen LogP contribution in [0.25, 0.3) is 0 Å². The number of hydrogen-bond donors (Lipinski definition) is 0. The molecule has 0 bridgehead atoms. The first kappa shape index (κ1) is 13.1. The molecule has 1 aliphatic heterocycles. The summed E-state index contributed by atoms with van der Waals surface area (Å²) in [6.45, 7) is 3.50. The third kappa shape index (κ3) is 3.16. The summed E-state index contributed by atoms with van der Waals surface area (Å²) in [5, 5.41) is 0. The second-order valence-electron chi connectivity index (χ2n) is 5.66. The van der Waals surface area contributed by atoms with Gasteiger partial charge in [0.15, 0.2) is 0 Å². The molecule has 104 valence electrons. The van der Waals surface area contributed by atoms with E-state index in [9.17, 15) is 8.42 Å². The summed E-state index contributed by atoms with van der Waals surface area (Å²) < 4.78 is 26.8. The van der Waals surface area contributed by atoms with Gasteiger partial charge in [-0.3, -0.25) is 9.08 Å². The lowest BCUT2D eigenvalue weighted by Gasteiger charge is -2.19. The van der Waals surface area contributed by atoms with E-state index in [-0.39, 0.29) is 0 Å². The Bertz CT molecular complexity index is 531. The molecule has 0 spiro atoms. The second kappa shape index (κ2) is 4.89. The van der Waals surface area contributed by atoms with Gasteiger partial charge < -0.3 is 0 Å². The molecule has 1 heterocycles. The monoisotopic (exact) mass is 281 g/mol. The number of piperidine rings is 1. The number of benzene rings is 1. The normalized spacial score (nSPS) is 30.3. The maximum absolute atomic E-state index is 11.0. The van der Waals surface area contributed by atoms with Crippen LogP contribution in [0.5, 0.6) is 0 Å². The number of fused-ring (bicyclic) bond motifs is 1. The molecule has 1 saturated heterocycles. The van der Waals surface area contributed by atoms with Gasteiger partial charge in [0.1, 0.15) is 0 Å². The molecule has 2 fully saturated rings. The molecular weight excluding hydrogens is 262 g/mol. The largest absolute Gasteiger partial charge is 0.298 e. The molecule has 1 saturated carbocycles. The van der Waals surface area contributed by atoms with E-state index in [1.165, 1.54) is 5.56 Å². The average Bonchev–Trinajstić information content (AvgIpc) is 2.80. The Morgan fingerprint density at radius 2 is 1.84 bits per heavy atom. The van der Waals surface area contributed by atoms with Gasteiger partial charge in [-0.15, -0.1) is 0 Å². The summed E-state index contributed by atoms with van der Waals surface area (Å²) in [6, 6.07) is 10.5. The molecule has 0 amide bonds. The Kier molecular flexibility index (Phi) is 3.37. The topological polar surface area (TPSA) is 46.6 Å². The van der Waals surface area contributed by atoms with Gasteiger partial charge in [0.25, 0.3) is 10.1 Å². The smallest absolute Gasteiger partial charge is 0.264 e. The van der Waals surface area contributed by atoms with E-state index in [0.29, 0.717) is 24.4 Å². The summed E-state index contributed by atoms with van der Waals surface area (Å²) in [6.07, 6.45) is 1.12. The lowest BCUT2D eigenvalue weighted by atomic mass is 10.2. The molecule has 1 aliphatic carbocycles. The third-order valence-corrected chi connectivity index (χ3v) is 4.73. The van der Waals surface area contributed by atoms with E-state index in [1.807, 2.05) is 6.07 Å². The SMILES string of the molecule is CS(=O)(=O)OC[C@H]1C2CN(Cc3ccccc3)C[C@@H]21. The average molecular weight is 281 g/mol. The summed E-state index contributed by atoms with van der Waals surface area (Å²) in [7, 11) is -3.29. The summed E-state index contributed by atoms with van der Waals surface area (Å²) in [4.78, 5) is 2.45. The van der Waals surface area contributed by atoms with Gasteiger partial charge >= 0.3 is 0 Å². The molecule has 2 aliphatic rings. The molecular formula is C14H19NO3S. The fraction of sp³-hybridized carbons (Fsp3) is 0.571. The van der Waals surface area contributed by atoms with Crippen LogP contribution in [-0.2, 0) is 20.8 Å². The zero-order chi connectivity index (χ0) is 13.5. The molecule has 0 radical (unpaired) electrons. The minimum absolute atomic E-state index is 0.368. The van der Waals surface area contributed by atoms with Crippen molar-refractivity contribution in [2.75, 3.05) is 26.0 Å². The maximum Gasteiger partial charge on any atom is 0.264 e. The van der Waals surface area contributed by atoms with Gasteiger partial charge in [-0.05, 0) is 23.3 Å². The van der Waals surface area contributed by atoms with Crippen molar-refractivity contribution in [3.05, 3.63) is 35.9 Å². The van der Waals surface area contributed by atoms with E-state index in [1.54, 1.807) is 0 Å². The van der Waals surface area contributed by atoms with E-state index in [0.717, 1.165) is 25.9 Å². The highest BCUT2D eigenvalue weighted by Gasteiger charge is 2.55. The van der Waals surface area contributed by atoms with Crippen molar-refractivity contribution < 1.29 is 12.6 Å². The predicted octanol–water partition coefficient (Wildman–Crippen LogP) is 1.34. The van der Waals surface area contributed by atoms with E-state index < -0.39 is 10.1 Å². The van der Waals surface area contributed by atoms with Crippen molar-refractivity contribution in [3.63, 3.8) is 0 Å². The van der Waals surface area contributed by atoms with Crippen LogP contribution in [0.1, 0.15) is 5.56 Å². The summed E-state index contributed by atoms with van der Waals surface area (Å²) in [5.41, 5.74) is 1.34. The van der Waals surface area contributed by atoms with Crippen LogP contribution in [0.15, 0.2) is 30.3 Å². The Labute approximate surface area is 114 Å². The molecule has 0 N–H and O–H groups in total. The molecule has 0 aromatic heterocycles. The number of hydrogen-bond acceptors (Lipinski definition) is 4. The molecule has 5 heteroatoms. The fourth-order valence-corrected chi connectivity index (χ4v) is 3.56. The van der Waals surface area contributed by atoms with E-state index >= 15 is 0 Å². The van der Waals surface area contributed by atoms with Crippen molar-refractivity contribution in [3.8, 4) is 0 Å². The van der Waals surface area contributed by atoms with Crippen LogP contribution < -0.4 is 0 Å². The van der Waals surface area contributed by atoms with Crippen molar-refractivity contribution in [1.82, 2.24) is 4.90 Å². The minimum Gasteiger partial charge on any atom is -0.298 e. The highest BCUT2D eigenvalue weighted by Crippen LogP contribution is 2.52. The van der Waals surface area contributed by atoms with Crippen LogP contribution in [-0.4, -0.2) is 39.3 Å². The van der Waals surface area contributed by atoms with Gasteiger partial charge in [0.2, 0.25) is 0 Å². The lowest BCUT2D eigenvalue weighted by Crippen LogP contribution is -2.25. The molecule has 19 heavy (non-hydrogen) atoms. The zero-order valence-corrected chi connectivity index (χ0v) is 11.8. The molecule has 3 rings (SSSR count). The van der Waals surface area contributed by atoms with E-state index in [4.69, 9.17) is 4.18 Å². The second-order valence-corrected chi connectivity index (χ2v) is 7.30. The van der Waals surface area contributed by atoms with Crippen LogP contribution in [0.2, 0.25) is 0 Å². The van der Waals surface area contributed by atoms with Gasteiger partial charge in [0.05, 0.1) is 12.9 Å². The first-order chi connectivity index (χ1) is 9.03. The first-order valence-corrected chi connectivity index (χ1v) is 8.45. The summed E-state index contributed by atoms with van der Waals surface area (Å²) >= 11 is 0. The Morgan fingerprint density at radius 3 is 2.42 bits per heavy atom. The first-order valence-electron chi connectivity index (χ1n) is 6.63. The van der Waals surface area contributed by atoms with Crippen LogP contribution in [0, 0.1) is 17.8 Å². The van der Waals surface area contributed by atoms with Crippen LogP contribution in [0.4, 0.5) is 0 Å². The summed E-state index contributed by atoms with van der Waals surface area (Å²) in [5.74, 6) is 1.71. The Morgan fingerprint density at radius 1 is 1.21 bits per heavy atom. The minimum atomic E-state index is -3.29. The number of likely N-dealkylation sites (tertiary alicyclic amines) is 1. The zero-order valence-electron chi connectivity index (χ0n) is 11.0. The molecule has 4 nitrogen and oxygen atoms in total. The quantitative estimate of drug-likeness (QED) is 0.764. The maximum atomic E-state index is 11.0. The molecule has 3 atom stereocenters. The Hall–Kier alpha value is -0.910. The molecule has 1 aromatic rings. The van der Waals surface area contributed by atoms with Crippen molar-refractivity contribution in [2.45, 2.75) is 6.54 Å². The molecule has 1 aromatic carbocycles. The third-order valence-electron chi connectivity index (χ3n) is 4.17. The van der Waals surface area contributed by atoms with Crippen LogP contribution in [0.3, 0.4) is 0 Å². The number of nitrogens with zero attached hydrogens (tertiary/aromatic N) is 1. The van der Waals surface area contributed by atoms with Gasteiger partial charge in [-0.25, -0.2) is 0 Å². The van der Waals surface area contributed by atoms with Gasteiger partial charge in [0, 0.05) is 19.6 Å². The number of rotatable bonds is 5. The van der Waals surface area contributed by atoms with Crippen molar-refractivity contribution >= 4 is 10.1 Å². The van der Waals surface area contributed by atoms with Gasteiger partial charge in [-0.2, -0.15) is 8.42 Å². The lowest BCUT2D eigenvalue weighted by molar-refractivity contribution is 0.234. The highest BCUT2D eigenvalue weighted by molar-refractivity contribution is 7.85. The van der Waals surface area contributed by atoms with Crippen molar-refractivity contribution in [2.24, 2.45) is 17.8 Å². The van der Waals surface area contributed by atoms with Crippen LogP contribution >= 0.6 is 0 Å². The van der Waals surface area contributed by atoms with Gasteiger partial charge in [-0.1, -0.05) is 30.3 Å². The van der Waals surface area contributed by atoms with E-state index in [2.05, 4.69) is 29.2 Å². The highest BCUT2D eigenvalue weighted by atomic mass is 32.2. The Balaban J connectivity index is 1.46. The molecule has 1 unspecified atom stereocenters. The predicted molar refractivity (Wildman–Crippen MR) is 73.0 cm³/mol. The fourth-order valence-electron chi connectivity index (χ4n) is 3.16.